The molecule has 1 rings (SSSR count). The molecule has 0 aromatic carbocycles. The Hall–Kier alpha value is 0.410. The van der Waals surface area contributed by atoms with E-state index < -0.39 is 21.3 Å². The van der Waals surface area contributed by atoms with E-state index in [0.29, 0.717) is 12.9 Å². The van der Waals surface area contributed by atoms with Crippen LogP contribution in [0.1, 0.15) is 0 Å². The van der Waals surface area contributed by atoms with Crippen LogP contribution in [0.4, 0.5) is 0 Å². The van der Waals surface area contributed by atoms with Gasteiger partial charge in [0.15, 0.2) is 3.42 Å². The van der Waals surface area contributed by atoms with E-state index in [2.05, 4.69) is 0 Å². The van der Waals surface area contributed by atoms with Gasteiger partial charge >= 0.3 is 11.9 Å². The zero-order chi connectivity index (χ0) is 12.7. The van der Waals surface area contributed by atoms with E-state index in [4.69, 9.17) is 15.9 Å². The normalized spacial score (nSPS) is 29.9. The summed E-state index contributed by atoms with van der Waals surface area (Å²) >= 11 is 5.34. The number of carboxylic acids is 2. The molecule has 0 saturated carbocycles. The van der Waals surface area contributed by atoms with E-state index in [1.807, 2.05) is 22.6 Å². The van der Waals surface area contributed by atoms with Crippen LogP contribution in [0.15, 0.2) is 18.9 Å². The van der Waals surface area contributed by atoms with Gasteiger partial charge in [0.2, 0.25) is 0 Å². The molecule has 0 spiro atoms. The van der Waals surface area contributed by atoms with Crippen LogP contribution in [-0.4, -0.2) is 25.6 Å². The number of hydrogen-bond acceptors (Lipinski definition) is 3. The number of allylic oxidation sites excluding steroid dienone is 1. The van der Waals surface area contributed by atoms with Crippen LogP contribution in [0.2, 0.25) is 0 Å². The Morgan fingerprint density at radius 1 is 1.38 bits per heavy atom. The highest BCUT2D eigenvalue weighted by molar-refractivity contribution is 14.1. The number of carbonyl (C=O) groups is 2. The van der Waals surface area contributed by atoms with Gasteiger partial charge in [-0.05, 0) is 51.3 Å². The van der Waals surface area contributed by atoms with E-state index in [9.17, 15) is 9.59 Å². The highest BCUT2D eigenvalue weighted by Crippen LogP contribution is 2.45. The van der Waals surface area contributed by atoms with Crippen molar-refractivity contribution in [2.24, 2.45) is 11.7 Å². The smallest absolute Gasteiger partial charge is 0.324 e. The Morgan fingerprint density at radius 3 is 2.25 bits per heavy atom. The fourth-order valence-corrected chi connectivity index (χ4v) is 5.70. The molecular formula is C8H6I3NO4. The Labute approximate surface area is 132 Å². The molecule has 0 aliphatic heterocycles. The standard InChI is InChI=1S/C8H6I3NO4/c9-2-1-8(11,7(15)16)3(6(13)14)4(10)5(2)12/h1,3H,12H2,(H,13,14)(H,15,16). The molecule has 0 aromatic rings. The molecule has 2 unspecified atom stereocenters. The fourth-order valence-electron chi connectivity index (χ4n) is 1.27. The summed E-state index contributed by atoms with van der Waals surface area (Å²) in [6, 6.07) is 0. The van der Waals surface area contributed by atoms with Gasteiger partial charge in [0.1, 0.15) is 5.92 Å². The SMILES string of the molecule is NC1=C(I)C(C(=O)O)C(I)(C(=O)O)C=C1I. The Balaban J connectivity index is 3.43. The third kappa shape index (κ3) is 2.32. The first-order valence-electron chi connectivity index (χ1n) is 3.90. The van der Waals surface area contributed by atoms with Crippen LogP contribution < -0.4 is 5.73 Å². The van der Waals surface area contributed by atoms with Gasteiger partial charge < -0.3 is 15.9 Å². The molecule has 0 saturated heterocycles. The van der Waals surface area contributed by atoms with Gasteiger partial charge in [-0.3, -0.25) is 9.59 Å². The summed E-state index contributed by atoms with van der Waals surface area (Å²) in [4.78, 5) is 22.3. The molecule has 0 amide bonds. The number of aliphatic carboxylic acids is 2. The summed E-state index contributed by atoms with van der Waals surface area (Å²) in [5, 5.41) is 18.3. The lowest BCUT2D eigenvalue weighted by Crippen LogP contribution is -2.45. The van der Waals surface area contributed by atoms with Gasteiger partial charge in [-0.25, -0.2) is 0 Å². The van der Waals surface area contributed by atoms with Crippen LogP contribution in [0.3, 0.4) is 0 Å². The summed E-state index contributed by atoms with van der Waals surface area (Å²) in [5.74, 6) is -3.52. The molecule has 0 heterocycles. The molecule has 1 aliphatic rings. The van der Waals surface area contributed by atoms with Crippen molar-refractivity contribution in [2.45, 2.75) is 3.42 Å². The first-order chi connectivity index (χ1) is 7.21. The van der Waals surface area contributed by atoms with Gasteiger partial charge in [-0.1, -0.05) is 22.6 Å². The molecule has 2 atom stereocenters. The second kappa shape index (κ2) is 4.96. The molecule has 88 valence electrons. The number of alkyl halides is 1. The second-order valence-corrected chi connectivity index (χ2v) is 7.21. The molecule has 4 N–H and O–H groups in total. The average molecular weight is 561 g/mol. The van der Waals surface area contributed by atoms with Crippen LogP contribution in [0, 0.1) is 5.92 Å². The minimum Gasteiger partial charge on any atom is -0.481 e. The van der Waals surface area contributed by atoms with Crippen LogP contribution >= 0.6 is 67.8 Å². The predicted octanol–water partition coefficient (Wildman–Crippen LogP) is 1.88. The van der Waals surface area contributed by atoms with E-state index >= 15 is 0 Å². The van der Waals surface area contributed by atoms with E-state index in [1.54, 1.807) is 45.2 Å². The lowest BCUT2D eigenvalue weighted by atomic mass is 9.87. The third-order valence-electron chi connectivity index (χ3n) is 2.10. The highest BCUT2D eigenvalue weighted by Gasteiger charge is 2.50. The van der Waals surface area contributed by atoms with Crippen molar-refractivity contribution < 1.29 is 19.8 Å². The van der Waals surface area contributed by atoms with E-state index in [0.717, 1.165) is 0 Å². The van der Waals surface area contributed by atoms with Crippen molar-refractivity contribution in [3.05, 3.63) is 18.9 Å². The van der Waals surface area contributed by atoms with E-state index in [1.165, 1.54) is 6.08 Å². The summed E-state index contributed by atoms with van der Waals surface area (Å²) in [6.07, 6.45) is 1.38. The number of rotatable bonds is 2. The van der Waals surface area contributed by atoms with Crippen LogP contribution in [-0.2, 0) is 9.59 Å². The maximum Gasteiger partial charge on any atom is 0.324 e. The highest BCUT2D eigenvalue weighted by atomic mass is 127. The number of carboxylic acid groups (broad SMARTS) is 2. The number of halogens is 3. The van der Waals surface area contributed by atoms with Gasteiger partial charge in [0.05, 0.1) is 5.70 Å². The largest absolute Gasteiger partial charge is 0.481 e. The maximum absolute atomic E-state index is 11.2. The Kier molecular flexibility index (Phi) is 4.48. The van der Waals surface area contributed by atoms with Gasteiger partial charge in [0, 0.05) is 7.16 Å². The summed E-state index contributed by atoms with van der Waals surface area (Å²) < 4.78 is -0.565. The van der Waals surface area contributed by atoms with Crippen molar-refractivity contribution >= 4 is 79.7 Å². The lowest BCUT2D eigenvalue weighted by Gasteiger charge is -2.31. The summed E-state index contributed by atoms with van der Waals surface area (Å²) in [6.45, 7) is 0. The Bertz CT molecular complexity index is 431. The van der Waals surface area contributed by atoms with E-state index in [-0.39, 0.29) is 0 Å². The molecule has 0 radical (unpaired) electrons. The first-order valence-corrected chi connectivity index (χ1v) is 7.14. The quantitative estimate of drug-likeness (QED) is 0.354. The average Bonchev–Trinajstić information content (AvgIpc) is 2.13. The van der Waals surface area contributed by atoms with Gasteiger partial charge in [-0.15, -0.1) is 0 Å². The van der Waals surface area contributed by atoms with Crippen molar-refractivity contribution in [1.82, 2.24) is 0 Å². The molecule has 8 heteroatoms. The maximum atomic E-state index is 11.2. The molecule has 0 bridgehead atoms. The molecule has 0 fully saturated rings. The van der Waals surface area contributed by atoms with Gasteiger partial charge in [0.25, 0.3) is 0 Å². The van der Waals surface area contributed by atoms with Crippen molar-refractivity contribution in [2.75, 3.05) is 0 Å². The molecule has 16 heavy (non-hydrogen) atoms. The number of hydrogen-bond donors (Lipinski definition) is 3. The van der Waals surface area contributed by atoms with Crippen LogP contribution in [0.25, 0.3) is 0 Å². The summed E-state index contributed by atoms with van der Waals surface area (Å²) in [5.41, 5.74) is 6.04. The number of nitrogens with two attached hydrogens (primary N) is 1. The zero-order valence-corrected chi connectivity index (χ0v) is 14.0. The fraction of sp³-hybridized carbons (Fsp3) is 0.250. The minimum absolute atomic E-state index is 0.335. The molecule has 1 aliphatic carbocycles. The second-order valence-electron chi connectivity index (χ2n) is 3.10. The molecule has 5 nitrogen and oxygen atoms in total. The molecular weight excluding hydrogens is 555 g/mol. The first kappa shape index (κ1) is 14.5. The lowest BCUT2D eigenvalue weighted by molar-refractivity contribution is -0.147. The minimum atomic E-state index is -1.49. The topological polar surface area (TPSA) is 101 Å². The van der Waals surface area contributed by atoms with Crippen molar-refractivity contribution in [3.63, 3.8) is 0 Å². The third-order valence-corrected chi connectivity index (χ3v) is 5.59. The Morgan fingerprint density at radius 2 is 1.88 bits per heavy atom. The van der Waals surface area contributed by atoms with Crippen LogP contribution in [0.5, 0.6) is 0 Å². The zero-order valence-electron chi connectivity index (χ0n) is 7.58. The predicted molar refractivity (Wildman–Crippen MR) is 82.8 cm³/mol. The van der Waals surface area contributed by atoms with Gasteiger partial charge in [-0.2, -0.15) is 0 Å². The van der Waals surface area contributed by atoms with Crippen molar-refractivity contribution in [3.8, 4) is 0 Å². The molecule has 0 aromatic heterocycles. The monoisotopic (exact) mass is 561 g/mol. The van der Waals surface area contributed by atoms with Crippen molar-refractivity contribution in [1.29, 1.82) is 0 Å². The summed E-state index contributed by atoms with van der Waals surface area (Å²) in [7, 11) is 0.